The summed E-state index contributed by atoms with van der Waals surface area (Å²) >= 11 is 0. The second-order valence-electron chi connectivity index (χ2n) is 4.49. The molecule has 2 rings (SSSR count). The molecule has 1 aliphatic rings. The predicted octanol–water partition coefficient (Wildman–Crippen LogP) is 2.72. The average molecular weight is 281 g/mol. The maximum absolute atomic E-state index is 13.6. The van der Waals surface area contributed by atoms with Crippen molar-refractivity contribution in [2.45, 2.75) is 19.0 Å². The van der Waals surface area contributed by atoms with Crippen LogP contribution in [0.3, 0.4) is 0 Å². The number of hydrogen-bond acceptors (Lipinski definition) is 3. The number of nitrogens with zero attached hydrogens (tertiary/aromatic N) is 2. The fourth-order valence-electron chi connectivity index (χ4n) is 2.13. The Kier molecular flexibility index (Phi) is 3.51. The Morgan fingerprint density at radius 3 is 2.58 bits per heavy atom. The molecule has 2 heterocycles. The van der Waals surface area contributed by atoms with Gasteiger partial charge in [-0.05, 0) is 12.8 Å². The Morgan fingerprint density at radius 2 is 1.95 bits per heavy atom. The molecule has 0 radical (unpaired) electrons. The lowest BCUT2D eigenvalue weighted by molar-refractivity contribution is -0.176. The predicted molar refractivity (Wildman–Crippen MR) is 59.6 cm³/mol. The molecular weight excluding hydrogens is 269 g/mol. The van der Waals surface area contributed by atoms with Gasteiger partial charge in [0.15, 0.2) is 23.3 Å². The van der Waals surface area contributed by atoms with Gasteiger partial charge in [0.05, 0.1) is 5.92 Å². The minimum absolute atomic E-state index is 0.00169. The number of nitrogens with two attached hydrogens (primary N) is 1. The van der Waals surface area contributed by atoms with Crippen LogP contribution in [-0.4, -0.2) is 24.2 Å². The molecule has 2 N–H and O–H groups in total. The largest absolute Gasteiger partial charge is 0.393 e. The van der Waals surface area contributed by atoms with Gasteiger partial charge in [0.1, 0.15) is 0 Å². The van der Waals surface area contributed by atoms with Gasteiger partial charge in [-0.3, -0.25) is 0 Å². The van der Waals surface area contributed by atoms with E-state index in [0.717, 1.165) is 4.90 Å². The maximum Gasteiger partial charge on any atom is 0.393 e. The zero-order chi connectivity index (χ0) is 14.2. The number of alkyl halides is 3. The van der Waals surface area contributed by atoms with Gasteiger partial charge in [-0.15, -0.1) is 0 Å². The number of nitrogen functional groups attached to an aromatic ring is 1. The van der Waals surface area contributed by atoms with E-state index in [1.807, 2.05) is 0 Å². The summed E-state index contributed by atoms with van der Waals surface area (Å²) in [6, 6.07) is 0.537. The zero-order valence-electron chi connectivity index (χ0n) is 9.84. The molecule has 0 aliphatic carbocycles. The summed E-state index contributed by atoms with van der Waals surface area (Å²) in [4.78, 5) is 4.66. The van der Waals surface area contributed by atoms with Crippen LogP contribution in [0.15, 0.2) is 6.07 Å². The summed E-state index contributed by atoms with van der Waals surface area (Å²) in [6.45, 7) is -0.153. The highest BCUT2D eigenvalue weighted by molar-refractivity contribution is 5.47. The first kappa shape index (κ1) is 13.8. The Hall–Kier alpha value is -1.60. The number of pyridine rings is 1. The van der Waals surface area contributed by atoms with E-state index in [9.17, 15) is 22.0 Å². The van der Waals surface area contributed by atoms with Crippen molar-refractivity contribution in [1.29, 1.82) is 0 Å². The molecule has 0 bridgehead atoms. The second-order valence-corrected chi connectivity index (χ2v) is 4.49. The fourth-order valence-corrected chi connectivity index (χ4v) is 2.13. The number of hydrogen-bond donors (Lipinski definition) is 1. The van der Waals surface area contributed by atoms with E-state index in [0.29, 0.717) is 6.07 Å². The van der Waals surface area contributed by atoms with E-state index < -0.39 is 36.1 Å². The van der Waals surface area contributed by atoms with Crippen molar-refractivity contribution in [2.24, 2.45) is 5.92 Å². The minimum Gasteiger partial charge on any atom is -0.381 e. The molecule has 0 saturated carbocycles. The first-order chi connectivity index (χ1) is 8.79. The number of halogens is 5. The molecule has 8 heteroatoms. The molecule has 0 spiro atoms. The van der Waals surface area contributed by atoms with E-state index in [2.05, 4.69) is 4.98 Å². The third-order valence-corrected chi connectivity index (χ3v) is 3.12. The molecule has 1 fully saturated rings. The third-order valence-electron chi connectivity index (χ3n) is 3.12. The van der Waals surface area contributed by atoms with E-state index in [4.69, 9.17) is 5.73 Å². The van der Waals surface area contributed by atoms with Crippen LogP contribution in [0.25, 0.3) is 0 Å². The standard InChI is InChI=1S/C11H12F5N3/c12-7-4-8(13)10(18-9(7)17)19-3-1-2-6(5-19)11(14,15)16/h4,6H,1-3,5H2,(H2,17,18). The summed E-state index contributed by atoms with van der Waals surface area (Å²) in [5.74, 6) is -4.41. The van der Waals surface area contributed by atoms with Crippen molar-refractivity contribution in [3.8, 4) is 0 Å². The van der Waals surface area contributed by atoms with Crippen LogP contribution in [-0.2, 0) is 0 Å². The van der Waals surface area contributed by atoms with Crippen molar-refractivity contribution >= 4 is 11.6 Å². The van der Waals surface area contributed by atoms with E-state index >= 15 is 0 Å². The Labute approximate surface area is 106 Å². The fraction of sp³-hybridized carbons (Fsp3) is 0.545. The quantitative estimate of drug-likeness (QED) is 0.805. The lowest BCUT2D eigenvalue weighted by Crippen LogP contribution is -2.42. The molecular formula is C11H12F5N3. The molecule has 0 amide bonds. The Morgan fingerprint density at radius 1 is 1.26 bits per heavy atom. The van der Waals surface area contributed by atoms with Crippen LogP contribution >= 0.6 is 0 Å². The van der Waals surface area contributed by atoms with Gasteiger partial charge in [0.25, 0.3) is 0 Å². The molecule has 1 saturated heterocycles. The molecule has 19 heavy (non-hydrogen) atoms. The van der Waals surface area contributed by atoms with Gasteiger partial charge in [0.2, 0.25) is 0 Å². The van der Waals surface area contributed by atoms with Crippen LogP contribution < -0.4 is 10.6 Å². The topological polar surface area (TPSA) is 42.1 Å². The van der Waals surface area contributed by atoms with Gasteiger partial charge in [0, 0.05) is 19.2 Å². The highest BCUT2D eigenvalue weighted by Gasteiger charge is 2.42. The SMILES string of the molecule is Nc1nc(N2CCCC(C(F)(F)F)C2)c(F)cc1F. The van der Waals surface area contributed by atoms with Crippen LogP contribution in [0.5, 0.6) is 0 Å². The summed E-state index contributed by atoms with van der Waals surface area (Å²) in [7, 11) is 0. The van der Waals surface area contributed by atoms with Gasteiger partial charge < -0.3 is 10.6 Å². The second kappa shape index (κ2) is 4.82. The molecule has 0 aromatic carbocycles. The van der Waals surface area contributed by atoms with Crippen LogP contribution in [0.1, 0.15) is 12.8 Å². The third kappa shape index (κ3) is 2.87. The monoisotopic (exact) mass is 281 g/mol. The van der Waals surface area contributed by atoms with Crippen molar-refractivity contribution in [1.82, 2.24) is 4.98 Å². The smallest absolute Gasteiger partial charge is 0.381 e. The van der Waals surface area contributed by atoms with E-state index in [1.165, 1.54) is 0 Å². The Bertz CT molecular complexity index is 474. The summed E-state index contributed by atoms with van der Waals surface area (Å²) in [5, 5.41) is 0. The summed E-state index contributed by atoms with van der Waals surface area (Å²) < 4.78 is 64.5. The van der Waals surface area contributed by atoms with Crippen LogP contribution in [0.2, 0.25) is 0 Å². The molecule has 3 nitrogen and oxygen atoms in total. The number of anilines is 2. The van der Waals surface area contributed by atoms with Crippen LogP contribution in [0, 0.1) is 17.6 Å². The van der Waals surface area contributed by atoms with Gasteiger partial charge in [-0.2, -0.15) is 13.2 Å². The highest BCUT2D eigenvalue weighted by Crippen LogP contribution is 2.35. The van der Waals surface area contributed by atoms with Crippen molar-refractivity contribution in [3.63, 3.8) is 0 Å². The molecule has 106 valence electrons. The first-order valence-corrected chi connectivity index (χ1v) is 5.72. The van der Waals surface area contributed by atoms with Crippen molar-refractivity contribution < 1.29 is 22.0 Å². The lowest BCUT2D eigenvalue weighted by Gasteiger charge is -2.34. The van der Waals surface area contributed by atoms with Crippen molar-refractivity contribution in [2.75, 3.05) is 23.7 Å². The van der Waals surface area contributed by atoms with E-state index in [1.54, 1.807) is 0 Å². The summed E-state index contributed by atoms with van der Waals surface area (Å²) in [6.07, 6.45) is -4.07. The summed E-state index contributed by atoms with van der Waals surface area (Å²) in [5.41, 5.74) is 5.21. The van der Waals surface area contributed by atoms with E-state index in [-0.39, 0.29) is 25.2 Å². The Balaban J connectivity index is 2.25. The minimum atomic E-state index is -4.33. The molecule has 1 aromatic heterocycles. The van der Waals surface area contributed by atoms with Gasteiger partial charge in [-0.1, -0.05) is 0 Å². The normalized spacial score (nSPS) is 20.7. The number of aromatic nitrogens is 1. The maximum atomic E-state index is 13.6. The molecule has 1 atom stereocenters. The number of piperidine rings is 1. The first-order valence-electron chi connectivity index (χ1n) is 5.72. The molecule has 1 aromatic rings. The molecule has 1 unspecified atom stereocenters. The van der Waals surface area contributed by atoms with Gasteiger partial charge >= 0.3 is 6.18 Å². The average Bonchev–Trinajstić information content (AvgIpc) is 2.33. The molecule has 1 aliphatic heterocycles. The lowest BCUT2D eigenvalue weighted by atomic mass is 9.97. The van der Waals surface area contributed by atoms with Gasteiger partial charge in [-0.25, -0.2) is 13.8 Å². The highest BCUT2D eigenvalue weighted by atomic mass is 19.4. The number of rotatable bonds is 1. The van der Waals surface area contributed by atoms with Crippen LogP contribution in [0.4, 0.5) is 33.6 Å². The zero-order valence-corrected chi connectivity index (χ0v) is 9.84. The van der Waals surface area contributed by atoms with Crippen molar-refractivity contribution in [3.05, 3.63) is 17.7 Å².